The van der Waals surface area contributed by atoms with Gasteiger partial charge < -0.3 is 10.5 Å². The number of rotatable bonds is 7. The first-order valence-electron chi connectivity index (χ1n) is 6.37. The van der Waals surface area contributed by atoms with Gasteiger partial charge in [0.25, 0.3) is 5.91 Å². The lowest BCUT2D eigenvalue weighted by Gasteiger charge is -2.09. The molecule has 4 nitrogen and oxygen atoms in total. The normalized spacial score (nSPS) is 10.3. The van der Waals surface area contributed by atoms with E-state index in [2.05, 4.69) is 0 Å². The van der Waals surface area contributed by atoms with E-state index in [0.717, 1.165) is 6.07 Å². The van der Waals surface area contributed by atoms with Crippen LogP contribution in [0.2, 0.25) is 0 Å². The predicted molar refractivity (Wildman–Crippen MR) is 78.3 cm³/mol. The Bertz CT molecular complexity index is 640. The van der Waals surface area contributed by atoms with Crippen molar-refractivity contribution in [1.82, 2.24) is 0 Å². The fourth-order valence-electron chi connectivity index (χ4n) is 1.84. The van der Waals surface area contributed by atoms with Gasteiger partial charge in [0.15, 0.2) is 5.78 Å². The number of carbonyl (C=O) groups excluding carboxylic acids is 2. The molecule has 0 saturated heterocycles. The molecule has 0 bridgehead atoms. The fraction of sp³-hybridized carbons (Fsp3) is 0.200. The lowest BCUT2D eigenvalue weighted by atomic mass is 10.1. The fourth-order valence-corrected chi connectivity index (χ4v) is 2.53. The standard InChI is InChI=1S/C15H14FNO3S/c16-10-4-1-6-12(14(10)15(17)19)20-8-2-5-11(18)13-7-3-9-21-13/h1,3-4,6-7,9H,2,5,8H2,(H2,17,19). The molecule has 0 saturated carbocycles. The number of ketones is 1. The number of halogens is 1. The van der Waals surface area contributed by atoms with Crippen LogP contribution in [-0.4, -0.2) is 18.3 Å². The summed E-state index contributed by atoms with van der Waals surface area (Å²) in [4.78, 5) is 23.7. The lowest BCUT2D eigenvalue weighted by Crippen LogP contribution is -2.15. The summed E-state index contributed by atoms with van der Waals surface area (Å²) in [5.74, 6) is -1.44. The molecule has 0 atom stereocenters. The Balaban J connectivity index is 1.88. The molecule has 110 valence electrons. The van der Waals surface area contributed by atoms with Crippen LogP contribution in [0.1, 0.15) is 32.9 Å². The van der Waals surface area contributed by atoms with Gasteiger partial charge in [0.1, 0.15) is 17.1 Å². The third-order valence-electron chi connectivity index (χ3n) is 2.82. The largest absolute Gasteiger partial charge is 0.493 e. The first kappa shape index (κ1) is 15.2. The molecule has 0 radical (unpaired) electrons. The summed E-state index contributed by atoms with van der Waals surface area (Å²) in [5, 5.41) is 1.84. The molecular formula is C15H14FNO3S. The van der Waals surface area contributed by atoms with Gasteiger partial charge in [-0.2, -0.15) is 0 Å². The highest BCUT2D eigenvalue weighted by atomic mass is 32.1. The summed E-state index contributed by atoms with van der Waals surface area (Å²) in [5.41, 5.74) is 4.86. The van der Waals surface area contributed by atoms with Crippen LogP contribution in [0.25, 0.3) is 0 Å². The summed E-state index contributed by atoms with van der Waals surface area (Å²) in [6.45, 7) is 0.209. The number of amides is 1. The molecule has 1 aromatic heterocycles. The Morgan fingerprint density at radius 3 is 2.71 bits per heavy atom. The van der Waals surface area contributed by atoms with Crippen molar-refractivity contribution in [3.05, 3.63) is 52.0 Å². The van der Waals surface area contributed by atoms with Crippen LogP contribution in [0.5, 0.6) is 5.75 Å². The first-order valence-corrected chi connectivity index (χ1v) is 7.25. The zero-order valence-electron chi connectivity index (χ0n) is 11.2. The van der Waals surface area contributed by atoms with Gasteiger partial charge in [0.05, 0.1) is 11.5 Å². The van der Waals surface area contributed by atoms with Crippen molar-refractivity contribution in [1.29, 1.82) is 0 Å². The zero-order chi connectivity index (χ0) is 15.2. The molecule has 0 aliphatic heterocycles. The Morgan fingerprint density at radius 2 is 2.05 bits per heavy atom. The zero-order valence-corrected chi connectivity index (χ0v) is 12.0. The molecule has 1 amide bonds. The Hall–Kier alpha value is -2.21. The van der Waals surface area contributed by atoms with E-state index in [4.69, 9.17) is 10.5 Å². The molecule has 1 aromatic carbocycles. The van der Waals surface area contributed by atoms with E-state index in [-0.39, 0.29) is 23.7 Å². The Morgan fingerprint density at radius 1 is 1.24 bits per heavy atom. The number of primary amides is 1. The van der Waals surface area contributed by atoms with E-state index in [1.165, 1.54) is 23.5 Å². The highest BCUT2D eigenvalue weighted by Crippen LogP contribution is 2.21. The molecule has 2 aromatic rings. The molecule has 0 fully saturated rings. The first-order chi connectivity index (χ1) is 10.1. The molecule has 0 unspecified atom stereocenters. The van der Waals surface area contributed by atoms with Crippen molar-refractivity contribution in [3.63, 3.8) is 0 Å². The van der Waals surface area contributed by atoms with Gasteiger partial charge in [0.2, 0.25) is 0 Å². The quantitative estimate of drug-likeness (QED) is 0.631. The molecule has 1 heterocycles. The molecule has 6 heteroatoms. The van der Waals surface area contributed by atoms with Gasteiger partial charge in [-0.1, -0.05) is 12.1 Å². The predicted octanol–water partition coefficient (Wildman–Crippen LogP) is 3.03. The maximum Gasteiger partial charge on any atom is 0.255 e. The van der Waals surface area contributed by atoms with Crippen LogP contribution in [0.4, 0.5) is 4.39 Å². The number of hydrogen-bond acceptors (Lipinski definition) is 4. The monoisotopic (exact) mass is 307 g/mol. The number of ether oxygens (including phenoxy) is 1. The number of hydrogen-bond donors (Lipinski definition) is 1. The number of Topliss-reactive ketones (excluding diaryl/α,β-unsaturated/α-hetero) is 1. The summed E-state index contributed by atoms with van der Waals surface area (Å²) in [7, 11) is 0. The average Bonchev–Trinajstić information content (AvgIpc) is 2.97. The van der Waals surface area contributed by atoms with E-state index in [0.29, 0.717) is 17.7 Å². The second kappa shape index (κ2) is 6.99. The summed E-state index contributed by atoms with van der Waals surface area (Å²) in [6.07, 6.45) is 0.813. The van der Waals surface area contributed by atoms with Gasteiger partial charge in [-0.3, -0.25) is 9.59 Å². The Labute approximate surface area is 125 Å². The smallest absolute Gasteiger partial charge is 0.255 e. The minimum atomic E-state index is -0.877. The van der Waals surface area contributed by atoms with Crippen LogP contribution < -0.4 is 10.5 Å². The SMILES string of the molecule is NC(=O)c1c(F)cccc1OCCCC(=O)c1cccs1. The van der Waals surface area contributed by atoms with Crippen molar-refractivity contribution in [2.24, 2.45) is 5.73 Å². The van der Waals surface area contributed by atoms with Gasteiger partial charge >= 0.3 is 0 Å². The molecule has 0 aliphatic rings. The van der Waals surface area contributed by atoms with Crippen molar-refractivity contribution in [2.75, 3.05) is 6.61 Å². The lowest BCUT2D eigenvalue weighted by molar-refractivity contribution is 0.0967. The van der Waals surface area contributed by atoms with Crippen LogP contribution in [0.3, 0.4) is 0 Å². The average molecular weight is 307 g/mol. The van der Waals surface area contributed by atoms with Crippen LogP contribution >= 0.6 is 11.3 Å². The molecule has 2 rings (SSSR count). The third-order valence-corrected chi connectivity index (χ3v) is 3.73. The summed E-state index contributed by atoms with van der Waals surface area (Å²) >= 11 is 1.39. The molecule has 2 N–H and O–H groups in total. The van der Waals surface area contributed by atoms with E-state index in [1.54, 1.807) is 6.07 Å². The number of thiophene rings is 1. The number of benzene rings is 1. The highest BCUT2D eigenvalue weighted by Gasteiger charge is 2.15. The highest BCUT2D eigenvalue weighted by molar-refractivity contribution is 7.12. The number of carbonyl (C=O) groups is 2. The minimum Gasteiger partial charge on any atom is -0.493 e. The second-order valence-corrected chi connectivity index (χ2v) is 5.28. The van der Waals surface area contributed by atoms with Crippen molar-refractivity contribution < 1.29 is 18.7 Å². The van der Waals surface area contributed by atoms with E-state index in [1.807, 2.05) is 11.4 Å². The number of nitrogens with two attached hydrogens (primary N) is 1. The van der Waals surface area contributed by atoms with Gasteiger partial charge in [0, 0.05) is 6.42 Å². The second-order valence-electron chi connectivity index (χ2n) is 4.33. The van der Waals surface area contributed by atoms with Gasteiger partial charge in [-0.15, -0.1) is 11.3 Å². The topological polar surface area (TPSA) is 69.4 Å². The van der Waals surface area contributed by atoms with Crippen LogP contribution in [0, 0.1) is 5.82 Å². The minimum absolute atomic E-state index is 0.0444. The van der Waals surface area contributed by atoms with Crippen molar-refractivity contribution in [3.8, 4) is 5.75 Å². The third kappa shape index (κ3) is 3.88. The van der Waals surface area contributed by atoms with Crippen molar-refractivity contribution >= 4 is 23.0 Å². The summed E-state index contributed by atoms with van der Waals surface area (Å²) < 4.78 is 18.8. The van der Waals surface area contributed by atoms with E-state index in [9.17, 15) is 14.0 Å². The molecular weight excluding hydrogens is 293 g/mol. The maximum absolute atomic E-state index is 13.5. The summed E-state index contributed by atoms with van der Waals surface area (Å²) in [6, 6.07) is 7.65. The van der Waals surface area contributed by atoms with Crippen molar-refractivity contribution in [2.45, 2.75) is 12.8 Å². The van der Waals surface area contributed by atoms with Gasteiger partial charge in [-0.05, 0) is 30.0 Å². The maximum atomic E-state index is 13.5. The van der Waals surface area contributed by atoms with Gasteiger partial charge in [-0.25, -0.2) is 4.39 Å². The molecule has 0 spiro atoms. The molecule has 21 heavy (non-hydrogen) atoms. The Kier molecular flexibility index (Phi) is 5.05. The van der Waals surface area contributed by atoms with E-state index >= 15 is 0 Å². The van der Waals surface area contributed by atoms with Crippen LogP contribution in [0.15, 0.2) is 35.7 Å². The molecule has 0 aliphatic carbocycles. The van der Waals surface area contributed by atoms with Crippen LogP contribution in [-0.2, 0) is 0 Å². The van der Waals surface area contributed by atoms with E-state index < -0.39 is 11.7 Å².